The van der Waals surface area contributed by atoms with Crippen LogP contribution in [0.25, 0.3) is 0 Å². The van der Waals surface area contributed by atoms with Gasteiger partial charge in [0.15, 0.2) is 5.60 Å². The number of carbonyl (C=O) groups is 1. The van der Waals surface area contributed by atoms with Crippen molar-refractivity contribution in [2.45, 2.75) is 5.60 Å². The largest absolute Gasteiger partial charge is 0.476 e. The molecule has 2 aliphatic rings. The van der Waals surface area contributed by atoms with E-state index in [0.29, 0.717) is 33.8 Å². The Hall–Kier alpha value is -4.40. The number of nitro groups is 1. The van der Waals surface area contributed by atoms with Crippen molar-refractivity contribution in [1.29, 1.82) is 5.41 Å². The quantitative estimate of drug-likeness (QED) is 0.467. The molecule has 1 spiro atoms. The zero-order valence-corrected chi connectivity index (χ0v) is 19.1. The molecule has 34 heavy (non-hydrogen) atoms. The van der Waals surface area contributed by atoms with Crippen LogP contribution in [0.15, 0.2) is 54.6 Å². The van der Waals surface area contributed by atoms with Gasteiger partial charge < -0.3 is 19.3 Å². The number of carbonyl (C=O) groups excluding carboxylic acids is 1. The lowest BCUT2D eigenvalue weighted by Crippen LogP contribution is -2.33. The summed E-state index contributed by atoms with van der Waals surface area (Å²) in [5, 5.41) is 19.6. The Morgan fingerprint density at radius 1 is 0.882 bits per heavy atom. The van der Waals surface area contributed by atoms with Gasteiger partial charge in [0.1, 0.15) is 16.4 Å². The van der Waals surface area contributed by atoms with E-state index in [1.807, 2.05) is 74.4 Å². The predicted octanol–water partition coefficient (Wildman–Crippen LogP) is 3.99. The van der Waals surface area contributed by atoms with E-state index < -0.39 is 16.4 Å². The van der Waals surface area contributed by atoms with Gasteiger partial charge in [-0.15, -0.1) is 0 Å². The summed E-state index contributed by atoms with van der Waals surface area (Å²) in [6, 6.07) is 15.9. The van der Waals surface area contributed by atoms with Crippen LogP contribution >= 0.6 is 0 Å². The highest BCUT2D eigenvalue weighted by Gasteiger charge is 2.52. The Morgan fingerprint density at radius 2 is 1.41 bits per heavy atom. The van der Waals surface area contributed by atoms with Gasteiger partial charge in [0, 0.05) is 74.0 Å². The van der Waals surface area contributed by atoms with Crippen molar-refractivity contribution < 1.29 is 19.2 Å². The highest BCUT2D eigenvalue weighted by atomic mass is 16.6. The smallest absolute Gasteiger partial charge is 0.456 e. The Balaban J connectivity index is 1.79. The monoisotopic (exact) mass is 458 g/mol. The predicted molar refractivity (Wildman–Crippen MR) is 127 cm³/mol. The zero-order chi connectivity index (χ0) is 24.4. The summed E-state index contributed by atoms with van der Waals surface area (Å²) in [5.41, 5.74) is 2.94. The summed E-state index contributed by atoms with van der Waals surface area (Å²) in [4.78, 5) is 26.0. The molecule has 0 saturated heterocycles. The molecule has 0 radical (unpaired) electrons. The number of nitrogens with zero attached hydrogens (tertiary/aromatic N) is 3. The number of fused-ring (bicyclic) bond motifs is 6. The topological polar surface area (TPSA) is 109 Å². The van der Waals surface area contributed by atoms with E-state index in [0.717, 1.165) is 11.4 Å². The van der Waals surface area contributed by atoms with Crippen molar-refractivity contribution in [2.24, 2.45) is 0 Å². The van der Waals surface area contributed by atoms with Crippen molar-refractivity contribution in [3.05, 3.63) is 92.5 Å². The van der Waals surface area contributed by atoms with Crippen LogP contribution in [0.2, 0.25) is 0 Å². The maximum absolute atomic E-state index is 12.0. The molecule has 0 unspecified atom stereocenters. The van der Waals surface area contributed by atoms with Crippen LogP contribution in [0.5, 0.6) is 11.5 Å². The minimum Gasteiger partial charge on any atom is -0.456 e. The summed E-state index contributed by atoms with van der Waals surface area (Å²) in [5.74, 6) is -0.225. The first-order valence-electron chi connectivity index (χ1n) is 10.6. The highest BCUT2D eigenvalue weighted by molar-refractivity contribution is 6.01. The van der Waals surface area contributed by atoms with Gasteiger partial charge in [0.2, 0.25) is 5.90 Å². The minimum absolute atomic E-state index is 0.104. The normalized spacial score (nSPS) is 14.4. The fraction of sp³-hybridized carbons (Fsp3) is 0.200. The van der Waals surface area contributed by atoms with Gasteiger partial charge >= 0.3 is 5.91 Å². The average Bonchev–Trinajstić information content (AvgIpc) is 3.10. The van der Waals surface area contributed by atoms with Gasteiger partial charge in [-0.1, -0.05) is 6.07 Å². The molecule has 1 N–H and O–H groups in total. The molecule has 3 aromatic carbocycles. The molecule has 0 atom stereocenters. The van der Waals surface area contributed by atoms with Gasteiger partial charge in [-0.05, 0) is 36.4 Å². The van der Waals surface area contributed by atoms with Crippen molar-refractivity contribution >= 4 is 23.2 Å². The molecule has 0 saturated carbocycles. The number of ether oxygens (including phenoxy) is 2. The van der Waals surface area contributed by atoms with Crippen molar-refractivity contribution in [3.8, 4) is 11.5 Å². The molecule has 5 rings (SSSR count). The third-order valence-electron chi connectivity index (χ3n) is 6.25. The second-order valence-corrected chi connectivity index (χ2v) is 8.69. The molecule has 2 aliphatic heterocycles. The molecule has 172 valence electrons. The molecule has 0 fully saturated rings. The minimum atomic E-state index is -1.23. The standard InChI is InChI=1S/C25H22N4O5/c1-27(2)15-6-9-19-21(12-15)33-22-13-16(28(3)4)7-10-20(22)25(19)18-8-5-14(24(30)29(31)32)11-17(18)23(26)34-25/h5-13,26H,1-4H3. The van der Waals surface area contributed by atoms with Crippen LogP contribution in [0.4, 0.5) is 11.4 Å². The van der Waals surface area contributed by atoms with E-state index >= 15 is 0 Å². The van der Waals surface area contributed by atoms with Crippen molar-refractivity contribution in [2.75, 3.05) is 38.0 Å². The van der Waals surface area contributed by atoms with Crippen LogP contribution in [0.3, 0.4) is 0 Å². The first-order chi connectivity index (χ1) is 16.1. The number of nitrogens with one attached hydrogen (secondary N) is 1. The SMILES string of the molecule is CN(C)c1ccc2c(c1)Oc1cc(N(C)C)ccc1C21OC(=N)c2cc(C(=O)[N+](=O)[O-])ccc21. The van der Waals surface area contributed by atoms with Gasteiger partial charge in [-0.25, -0.2) is 4.79 Å². The van der Waals surface area contributed by atoms with Crippen LogP contribution in [0, 0.1) is 15.5 Å². The third kappa shape index (κ3) is 2.93. The van der Waals surface area contributed by atoms with E-state index in [2.05, 4.69) is 0 Å². The van der Waals surface area contributed by atoms with Gasteiger partial charge in [0.25, 0.3) is 0 Å². The Morgan fingerprint density at radius 3 is 1.91 bits per heavy atom. The molecule has 9 nitrogen and oxygen atoms in total. The summed E-state index contributed by atoms with van der Waals surface area (Å²) < 4.78 is 12.6. The second-order valence-electron chi connectivity index (χ2n) is 8.69. The van der Waals surface area contributed by atoms with Crippen LogP contribution < -0.4 is 14.5 Å². The van der Waals surface area contributed by atoms with Crippen molar-refractivity contribution in [1.82, 2.24) is 0 Å². The van der Waals surface area contributed by atoms with E-state index in [9.17, 15) is 14.9 Å². The van der Waals surface area contributed by atoms with Gasteiger partial charge in [-0.3, -0.25) is 15.5 Å². The molecular formula is C25H22N4O5. The maximum Gasteiger partial charge on any atom is 0.476 e. The van der Waals surface area contributed by atoms with Crippen LogP contribution in [-0.4, -0.2) is 44.9 Å². The fourth-order valence-electron chi connectivity index (χ4n) is 4.53. The summed E-state index contributed by atoms with van der Waals surface area (Å²) in [6.07, 6.45) is 0. The number of amides is 1. The molecule has 0 aliphatic carbocycles. The number of hydrogen-bond donors (Lipinski definition) is 1. The molecule has 9 heteroatoms. The van der Waals surface area contributed by atoms with E-state index in [4.69, 9.17) is 14.9 Å². The molecule has 3 aromatic rings. The molecular weight excluding hydrogens is 436 g/mol. The molecule has 0 aromatic heterocycles. The van der Waals surface area contributed by atoms with Gasteiger partial charge in [0.05, 0.1) is 5.56 Å². The lowest BCUT2D eigenvalue weighted by atomic mass is 9.77. The van der Waals surface area contributed by atoms with E-state index in [1.165, 1.54) is 12.1 Å². The Kier molecular flexibility index (Phi) is 4.61. The Labute approximate surface area is 195 Å². The maximum atomic E-state index is 12.0. The zero-order valence-electron chi connectivity index (χ0n) is 19.1. The number of hydrogen-bond acceptors (Lipinski definition) is 8. The number of benzene rings is 3. The summed E-state index contributed by atoms with van der Waals surface area (Å²) >= 11 is 0. The van der Waals surface area contributed by atoms with Gasteiger partial charge in [-0.2, -0.15) is 0 Å². The van der Waals surface area contributed by atoms with Crippen LogP contribution in [-0.2, 0) is 10.3 Å². The molecule has 1 amide bonds. The molecule has 0 bridgehead atoms. The second kappa shape index (κ2) is 7.31. The Bertz CT molecular complexity index is 1340. The van der Waals surface area contributed by atoms with Crippen LogP contribution in [0.1, 0.15) is 32.6 Å². The summed E-state index contributed by atoms with van der Waals surface area (Å²) in [6.45, 7) is 0. The average molecular weight is 458 g/mol. The molecule has 2 heterocycles. The first kappa shape index (κ1) is 21.4. The highest BCUT2D eigenvalue weighted by Crippen LogP contribution is 2.57. The number of rotatable bonds is 3. The van der Waals surface area contributed by atoms with E-state index in [-0.39, 0.29) is 11.5 Å². The van der Waals surface area contributed by atoms with Crippen molar-refractivity contribution in [3.63, 3.8) is 0 Å². The first-order valence-corrected chi connectivity index (χ1v) is 10.6. The lowest BCUT2D eigenvalue weighted by Gasteiger charge is -2.37. The lowest BCUT2D eigenvalue weighted by molar-refractivity contribution is -0.375. The summed E-state index contributed by atoms with van der Waals surface area (Å²) in [7, 11) is 7.74. The third-order valence-corrected chi connectivity index (χ3v) is 6.25. The van der Waals surface area contributed by atoms with E-state index in [1.54, 1.807) is 6.07 Å². The fourth-order valence-corrected chi connectivity index (χ4v) is 4.53. The number of anilines is 2.